The Labute approximate surface area is 162 Å². The Morgan fingerprint density at radius 3 is 2.32 bits per heavy atom. The number of amides is 1. The Morgan fingerprint density at radius 1 is 1.04 bits per heavy atom. The van der Waals surface area contributed by atoms with Crippen molar-refractivity contribution in [3.05, 3.63) is 71.0 Å². The van der Waals surface area contributed by atoms with E-state index < -0.39 is 11.6 Å². The molecular formula is C21H21N3O4. The lowest BCUT2D eigenvalue weighted by atomic mass is 10.1. The summed E-state index contributed by atoms with van der Waals surface area (Å²) in [6.45, 7) is 1.62. The summed E-state index contributed by atoms with van der Waals surface area (Å²) in [5.74, 6) is 0.695. The molecule has 1 N–H and O–H groups in total. The number of benzene rings is 2. The normalized spacial score (nSPS) is 11.5. The Kier molecular flexibility index (Phi) is 5.74. The molecule has 1 atom stereocenters. The van der Waals surface area contributed by atoms with Crippen molar-refractivity contribution in [1.82, 2.24) is 9.78 Å². The summed E-state index contributed by atoms with van der Waals surface area (Å²) in [4.78, 5) is 25.1. The Bertz CT molecular complexity index is 1010. The highest BCUT2D eigenvalue weighted by molar-refractivity contribution is 5.93. The minimum atomic E-state index is -0.810. The van der Waals surface area contributed by atoms with E-state index in [4.69, 9.17) is 9.47 Å². The minimum Gasteiger partial charge on any atom is -0.497 e. The van der Waals surface area contributed by atoms with Crippen molar-refractivity contribution < 1.29 is 14.3 Å². The molecule has 0 aliphatic rings. The standard InChI is InChI=1S/C21H21N3O4/c1-14(21(26)22-16-7-5-4-6-8-16)24-19(25)13-18(28-3)20(23-24)15-9-11-17(27-2)12-10-15/h4-14H,1-3H3,(H,22,26)/t14-/m1/s1. The number of methoxy groups -OCH3 is 2. The molecule has 0 spiro atoms. The third kappa shape index (κ3) is 4.03. The Hall–Kier alpha value is -3.61. The number of anilines is 1. The van der Waals surface area contributed by atoms with Crippen LogP contribution in [0.3, 0.4) is 0 Å². The topological polar surface area (TPSA) is 82.5 Å². The van der Waals surface area contributed by atoms with Crippen LogP contribution in [0.4, 0.5) is 5.69 Å². The molecule has 0 bridgehead atoms. The summed E-state index contributed by atoms with van der Waals surface area (Å²) in [5.41, 5.74) is 1.42. The lowest BCUT2D eigenvalue weighted by molar-refractivity contribution is -0.119. The number of ether oxygens (including phenoxy) is 2. The van der Waals surface area contributed by atoms with Crippen molar-refractivity contribution in [1.29, 1.82) is 0 Å². The Balaban J connectivity index is 1.96. The highest BCUT2D eigenvalue weighted by atomic mass is 16.5. The average molecular weight is 379 g/mol. The fourth-order valence-electron chi connectivity index (χ4n) is 2.71. The first-order chi connectivity index (χ1) is 13.5. The molecular weight excluding hydrogens is 358 g/mol. The summed E-state index contributed by atoms with van der Waals surface area (Å²) in [6, 6.07) is 16.8. The number of nitrogens with zero attached hydrogens (tertiary/aromatic N) is 2. The third-order valence-electron chi connectivity index (χ3n) is 4.29. The number of carbonyl (C=O) groups excluding carboxylic acids is 1. The highest BCUT2D eigenvalue weighted by Crippen LogP contribution is 2.28. The van der Waals surface area contributed by atoms with E-state index in [1.54, 1.807) is 38.3 Å². The number of nitrogens with one attached hydrogen (secondary N) is 1. The number of rotatable bonds is 6. The summed E-state index contributed by atoms with van der Waals surface area (Å²) in [7, 11) is 3.06. The SMILES string of the molecule is COc1ccc(-c2nn([C@H](C)C(=O)Nc3ccccc3)c(=O)cc2OC)cc1. The van der Waals surface area contributed by atoms with Crippen molar-refractivity contribution in [3.63, 3.8) is 0 Å². The van der Waals surface area contributed by atoms with Crippen molar-refractivity contribution in [3.8, 4) is 22.8 Å². The van der Waals surface area contributed by atoms with Crippen molar-refractivity contribution >= 4 is 11.6 Å². The molecule has 1 aromatic heterocycles. The molecule has 3 rings (SSSR count). The van der Waals surface area contributed by atoms with Crippen LogP contribution in [0, 0.1) is 0 Å². The first kappa shape index (κ1) is 19.2. The summed E-state index contributed by atoms with van der Waals surface area (Å²) in [6.07, 6.45) is 0. The van der Waals surface area contributed by atoms with Gasteiger partial charge >= 0.3 is 0 Å². The van der Waals surface area contributed by atoms with Gasteiger partial charge in [-0.3, -0.25) is 9.59 Å². The molecule has 3 aromatic rings. The van der Waals surface area contributed by atoms with E-state index in [1.165, 1.54) is 13.2 Å². The molecule has 28 heavy (non-hydrogen) atoms. The molecule has 0 fully saturated rings. The maximum absolute atomic E-state index is 12.6. The van der Waals surface area contributed by atoms with Gasteiger partial charge in [-0.25, -0.2) is 4.68 Å². The smallest absolute Gasteiger partial charge is 0.271 e. The van der Waals surface area contributed by atoms with E-state index >= 15 is 0 Å². The van der Waals surface area contributed by atoms with Crippen LogP contribution in [0.15, 0.2) is 65.5 Å². The maximum atomic E-state index is 12.6. The number of hydrogen-bond acceptors (Lipinski definition) is 5. The molecule has 7 heteroatoms. The van der Waals surface area contributed by atoms with Gasteiger partial charge in [0, 0.05) is 17.3 Å². The quantitative estimate of drug-likeness (QED) is 0.712. The van der Waals surface area contributed by atoms with Gasteiger partial charge in [0.15, 0.2) is 5.75 Å². The van der Waals surface area contributed by atoms with Crippen molar-refractivity contribution in [2.24, 2.45) is 0 Å². The lowest BCUT2D eigenvalue weighted by Gasteiger charge is -2.17. The second-order valence-corrected chi connectivity index (χ2v) is 6.10. The highest BCUT2D eigenvalue weighted by Gasteiger charge is 2.20. The van der Waals surface area contributed by atoms with Crippen LogP contribution in [0.25, 0.3) is 11.3 Å². The third-order valence-corrected chi connectivity index (χ3v) is 4.29. The van der Waals surface area contributed by atoms with E-state index in [1.807, 2.05) is 30.3 Å². The van der Waals surface area contributed by atoms with E-state index in [2.05, 4.69) is 10.4 Å². The second kappa shape index (κ2) is 8.39. The molecule has 144 valence electrons. The molecule has 0 unspecified atom stereocenters. The molecule has 0 saturated heterocycles. The van der Waals surface area contributed by atoms with E-state index in [0.29, 0.717) is 22.9 Å². The van der Waals surface area contributed by atoms with Crippen LogP contribution in [0.2, 0.25) is 0 Å². The van der Waals surface area contributed by atoms with Gasteiger partial charge in [0.25, 0.3) is 5.56 Å². The minimum absolute atomic E-state index is 0.335. The average Bonchev–Trinajstić information content (AvgIpc) is 2.73. The number of para-hydroxylation sites is 1. The molecule has 0 aliphatic carbocycles. The summed E-state index contributed by atoms with van der Waals surface area (Å²) < 4.78 is 11.6. The van der Waals surface area contributed by atoms with Crippen LogP contribution >= 0.6 is 0 Å². The van der Waals surface area contributed by atoms with E-state index in [0.717, 1.165) is 10.2 Å². The van der Waals surface area contributed by atoms with Gasteiger partial charge in [-0.1, -0.05) is 18.2 Å². The monoisotopic (exact) mass is 379 g/mol. The molecule has 0 saturated carbocycles. The number of aromatic nitrogens is 2. The molecule has 2 aromatic carbocycles. The van der Waals surface area contributed by atoms with Crippen molar-refractivity contribution in [2.45, 2.75) is 13.0 Å². The first-order valence-electron chi connectivity index (χ1n) is 8.71. The van der Waals surface area contributed by atoms with E-state index in [-0.39, 0.29) is 5.91 Å². The van der Waals surface area contributed by atoms with Crippen LogP contribution in [-0.4, -0.2) is 29.9 Å². The largest absolute Gasteiger partial charge is 0.497 e. The molecule has 0 radical (unpaired) electrons. The van der Waals surface area contributed by atoms with Gasteiger partial charge < -0.3 is 14.8 Å². The van der Waals surface area contributed by atoms with Gasteiger partial charge in [0.1, 0.15) is 17.5 Å². The zero-order chi connectivity index (χ0) is 20.1. The first-order valence-corrected chi connectivity index (χ1v) is 8.71. The predicted molar refractivity (Wildman–Crippen MR) is 107 cm³/mol. The van der Waals surface area contributed by atoms with Crippen molar-refractivity contribution in [2.75, 3.05) is 19.5 Å². The molecule has 1 amide bonds. The van der Waals surface area contributed by atoms with Crippen LogP contribution < -0.4 is 20.3 Å². The molecule has 7 nitrogen and oxygen atoms in total. The number of hydrogen-bond donors (Lipinski definition) is 1. The van der Waals surface area contributed by atoms with Gasteiger partial charge in [0.2, 0.25) is 5.91 Å². The van der Waals surface area contributed by atoms with E-state index in [9.17, 15) is 9.59 Å². The van der Waals surface area contributed by atoms with Crippen LogP contribution in [0.5, 0.6) is 11.5 Å². The van der Waals surface area contributed by atoms with Crippen LogP contribution in [0.1, 0.15) is 13.0 Å². The lowest BCUT2D eigenvalue weighted by Crippen LogP contribution is -2.33. The summed E-state index contributed by atoms with van der Waals surface area (Å²) >= 11 is 0. The summed E-state index contributed by atoms with van der Waals surface area (Å²) in [5, 5.41) is 7.19. The maximum Gasteiger partial charge on any atom is 0.271 e. The zero-order valence-electron chi connectivity index (χ0n) is 15.9. The van der Waals surface area contributed by atoms with Gasteiger partial charge in [-0.2, -0.15) is 5.10 Å². The fraction of sp³-hybridized carbons (Fsp3) is 0.190. The zero-order valence-corrected chi connectivity index (χ0v) is 15.9. The van der Waals surface area contributed by atoms with Crippen LogP contribution in [-0.2, 0) is 4.79 Å². The molecule has 1 heterocycles. The van der Waals surface area contributed by atoms with Gasteiger partial charge in [0.05, 0.1) is 14.2 Å². The van der Waals surface area contributed by atoms with Gasteiger partial charge in [-0.05, 0) is 43.3 Å². The molecule has 0 aliphatic heterocycles. The Morgan fingerprint density at radius 2 is 1.71 bits per heavy atom. The second-order valence-electron chi connectivity index (χ2n) is 6.10. The fourth-order valence-corrected chi connectivity index (χ4v) is 2.71. The van der Waals surface area contributed by atoms with Gasteiger partial charge in [-0.15, -0.1) is 0 Å². The number of carbonyl (C=O) groups is 1. The predicted octanol–water partition coefficient (Wildman–Crippen LogP) is 3.13.